The summed E-state index contributed by atoms with van der Waals surface area (Å²) in [6.07, 6.45) is 0.283. The minimum atomic E-state index is -0.854. The Hall–Kier alpha value is -3.15. The number of carbonyl (C=O) groups is 3. The maximum absolute atomic E-state index is 12.1. The second kappa shape index (κ2) is 9.36. The van der Waals surface area contributed by atoms with Crippen LogP contribution in [0.5, 0.6) is 0 Å². The molecule has 0 aliphatic carbocycles. The number of methoxy groups -OCH3 is 1. The van der Waals surface area contributed by atoms with E-state index in [-0.39, 0.29) is 6.42 Å². The zero-order valence-electron chi connectivity index (χ0n) is 14.7. The number of hydrogen-bond donors (Lipinski definition) is 1. The minimum Gasteiger partial charge on any atom is -0.467 e. The fraction of sp³-hybridized carbons (Fsp3) is 0.250. The molecule has 1 unspecified atom stereocenters. The highest BCUT2D eigenvalue weighted by molar-refractivity contribution is 5.92. The lowest BCUT2D eigenvalue weighted by molar-refractivity contribution is -0.145. The van der Waals surface area contributed by atoms with Crippen LogP contribution in [0.2, 0.25) is 0 Å². The number of rotatable bonds is 7. The topological polar surface area (TPSA) is 81.7 Å². The molecule has 0 saturated carbocycles. The molecule has 0 aromatic heterocycles. The number of carbonyl (C=O) groups excluding carboxylic acids is 3. The van der Waals surface area contributed by atoms with Gasteiger partial charge in [-0.05, 0) is 24.6 Å². The highest BCUT2D eigenvalue weighted by Gasteiger charge is 2.22. The van der Waals surface area contributed by atoms with E-state index < -0.39 is 30.5 Å². The molecule has 0 bridgehead atoms. The van der Waals surface area contributed by atoms with Crippen molar-refractivity contribution in [1.29, 1.82) is 0 Å². The van der Waals surface area contributed by atoms with Gasteiger partial charge >= 0.3 is 11.9 Å². The molecule has 2 aromatic carbocycles. The van der Waals surface area contributed by atoms with Gasteiger partial charge in [0.1, 0.15) is 6.04 Å². The van der Waals surface area contributed by atoms with Crippen molar-refractivity contribution in [3.63, 3.8) is 0 Å². The third kappa shape index (κ3) is 5.73. The lowest BCUT2D eigenvalue weighted by Crippen LogP contribution is -2.44. The Labute approximate surface area is 152 Å². The standard InChI is InChI=1S/C20H21NO5/c1-14-8-10-16(11-9-14)19(23)26-13-18(22)21-17(20(24)25-2)12-15-6-4-3-5-7-15/h3-11,17H,12-13H2,1-2H3,(H,21,22). The second-order valence-electron chi connectivity index (χ2n) is 5.78. The number of nitrogens with one attached hydrogen (secondary N) is 1. The summed E-state index contributed by atoms with van der Waals surface area (Å²) in [4.78, 5) is 35.9. The van der Waals surface area contributed by atoms with Crippen LogP contribution in [0, 0.1) is 6.92 Å². The average Bonchev–Trinajstić information content (AvgIpc) is 2.66. The van der Waals surface area contributed by atoms with Crippen molar-refractivity contribution in [2.24, 2.45) is 0 Å². The van der Waals surface area contributed by atoms with Crippen LogP contribution < -0.4 is 5.32 Å². The van der Waals surface area contributed by atoms with Crippen LogP contribution in [0.4, 0.5) is 0 Å². The van der Waals surface area contributed by atoms with Gasteiger partial charge in [-0.25, -0.2) is 9.59 Å². The van der Waals surface area contributed by atoms with E-state index in [9.17, 15) is 14.4 Å². The van der Waals surface area contributed by atoms with Gasteiger partial charge in [0.05, 0.1) is 12.7 Å². The lowest BCUT2D eigenvalue weighted by atomic mass is 10.1. The molecule has 2 aromatic rings. The summed E-state index contributed by atoms with van der Waals surface area (Å²) >= 11 is 0. The Morgan fingerprint density at radius 3 is 2.27 bits per heavy atom. The van der Waals surface area contributed by atoms with Crippen LogP contribution in [-0.2, 0) is 25.5 Å². The zero-order valence-corrected chi connectivity index (χ0v) is 14.7. The third-order valence-electron chi connectivity index (χ3n) is 3.73. The number of hydrogen-bond acceptors (Lipinski definition) is 5. The Morgan fingerprint density at radius 1 is 1.00 bits per heavy atom. The predicted molar refractivity (Wildman–Crippen MR) is 95.6 cm³/mol. The lowest BCUT2D eigenvalue weighted by Gasteiger charge is -2.16. The van der Waals surface area contributed by atoms with E-state index in [2.05, 4.69) is 5.32 Å². The van der Waals surface area contributed by atoms with Gasteiger partial charge in [0.25, 0.3) is 5.91 Å². The Balaban J connectivity index is 1.91. The summed E-state index contributed by atoms with van der Waals surface area (Å²) in [7, 11) is 1.25. The van der Waals surface area contributed by atoms with E-state index in [1.54, 1.807) is 24.3 Å². The molecule has 0 spiro atoms. The highest BCUT2D eigenvalue weighted by atomic mass is 16.5. The Morgan fingerprint density at radius 2 is 1.65 bits per heavy atom. The molecular weight excluding hydrogens is 334 g/mol. The largest absolute Gasteiger partial charge is 0.467 e. The molecule has 1 N–H and O–H groups in total. The van der Waals surface area contributed by atoms with E-state index in [1.165, 1.54) is 7.11 Å². The zero-order chi connectivity index (χ0) is 18.9. The number of ether oxygens (including phenoxy) is 2. The van der Waals surface area contributed by atoms with Crippen molar-refractivity contribution in [3.8, 4) is 0 Å². The summed E-state index contributed by atoms with van der Waals surface area (Å²) in [6, 6.07) is 15.2. The average molecular weight is 355 g/mol. The Kier molecular flexibility index (Phi) is 6.91. The SMILES string of the molecule is COC(=O)C(Cc1ccccc1)NC(=O)COC(=O)c1ccc(C)cc1. The third-order valence-corrected chi connectivity index (χ3v) is 3.73. The van der Waals surface area contributed by atoms with E-state index in [1.807, 2.05) is 37.3 Å². The summed E-state index contributed by atoms with van der Waals surface area (Å²) in [5.74, 6) is -1.73. The van der Waals surface area contributed by atoms with Gasteiger partial charge in [-0.15, -0.1) is 0 Å². The maximum atomic E-state index is 12.1. The van der Waals surface area contributed by atoms with Crippen LogP contribution in [0.25, 0.3) is 0 Å². The van der Waals surface area contributed by atoms with Crippen LogP contribution in [0.3, 0.4) is 0 Å². The smallest absolute Gasteiger partial charge is 0.338 e. The van der Waals surface area contributed by atoms with Crippen molar-refractivity contribution < 1.29 is 23.9 Å². The molecule has 26 heavy (non-hydrogen) atoms. The van der Waals surface area contributed by atoms with Crippen molar-refractivity contribution in [2.45, 2.75) is 19.4 Å². The fourth-order valence-electron chi connectivity index (χ4n) is 2.33. The van der Waals surface area contributed by atoms with Crippen LogP contribution in [0.15, 0.2) is 54.6 Å². The maximum Gasteiger partial charge on any atom is 0.338 e. The molecule has 1 atom stereocenters. The molecule has 0 saturated heterocycles. The van der Waals surface area contributed by atoms with Crippen molar-refractivity contribution in [1.82, 2.24) is 5.32 Å². The van der Waals surface area contributed by atoms with Gasteiger partial charge < -0.3 is 14.8 Å². The first-order valence-corrected chi connectivity index (χ1v) is 8.14. The molecule has 0 radical (unpaired) electrons. The second-order valence-corrected chi connectivity index (χ2v) is 5.78. The molecule has 6 nitrogen and oxygen atoms in total. The number of esters is 2. The predicted octanol–water partition coefficient (Wildman–Crippen LogP) is 2.05. The van der Waals surface area contributed by atoms with Crippen molar-refractivity contribution in [3.05, 3.63) is 71.3 Å². The quantitative estimate of drug-likeness (QED) is 0.769. The minimum absolute atomic E-state index is 0.283. The monoisotopic (exact) mass is 355 g/mol. The van der Waals surface area contributed by atoms with Crippen molar-refractivity contribution in [2.75, 3.05) is 13.7 Å². The highest BCUT2D eigenvalue weighted by Crippen LogP contribution is 2.06. The Bertz CT molecular complexity index is 756. The van der Waals surface area contributed by atoms with Gasteiger partial charge in [-0.1, -0.05) is 48.0 Å². The first-order valence-electron chi connectivity index (χ1n) is 8.14. The number of aryl methyl sites for hydroxylation is 1. The molecule has 2 rings (SSSR count). The summed E-state index contributed by atoms with van der Waals surface area (Å²) in [5.41, 5.74) is 2.25. The van der Waals surface area contributed by atoms with E-state index in [0.717, 1.165) is 11.1 Å². The van der Waals surface area contributed by atoms with Gasteiger partial charge in [0.2, 0.25) is 0 Å². The van der Waals surface area contributed by atoms with Gasteiger partial charge in [0, 0.05) is 6.42 Å². The summed E-state index contributed by atoms with van der Waals surface area (Å²) in [6.45, 7) is 1.43. The first-order chi connectivity index (χ1) is 12.5. The molecule has 136 valence electrons. The molecule has 0 heterocycles. The van der Waals surface area contributed by atoms with E-state index in [4.69, 9.17) is 9.47 Å². The van der Waals surface area contributed by atoms with E-state index >= 15 is 0 Å². The van der Waals surface area contributed by atoms with Crippen LogP contribution in [-0.4, -0.2) is 37.6 Å². The summed E-state index contributed by atoms with van der Waals surface area (Å²) in [5, 5.41) is 2.54. The molecule has 0 aliphatic rings. The molecule has 0 fully saturated rings. The van der Waals surface area contributed by atoms with Crippen LogP contribution in [0.1, 0.15) is 21.5 Å². The molecule has 0 aliphatic heterocycles. The normalized spacial score (nSPS) is 11.3. The summed E-state index contributed by atoms with van der Waals surface area (Å²) < 4.78 is 9.72. The van der Waals surface area contributed by atoms with Gasteiger partial charge in [-0.3, -0.25) is 4.79 Å². The number of amides is 1. The molecule has 6 heteroatoms. The van der Waals surface area contributed by atoms with Crippen molar-refractivity contribution >= 4 is 17.8 Å². The first kappa shape index (κ1) is 19.2. The van der Waals surface area contributed by atoms with Crippen LogP contribution >= 0.6 is 0 Å². The van der Waals surface area contributed by atoms with E-state index in [0.29, 0.717) is 5.56 Å². The molecule has 1 amide bonds. The number of benzene rings is 2. The van der Waals surface area contributed by atoms with Gasteiger partial charge in [-0.2, -0.15) is 0 Å². The molecular formula is C20H21NO5. The fourth-order valence-corrected chi connectivity index (χ4v) is 2.33. The van der Waals surface area contributed by atoms with Gasteiger partial charge in [0.15, 0.2) is 6.61 Å².